The first-order valence-electron chi connectivity index (χ1n) is 8.86. The second-order valence-electron chi connectivity index (χ2n) is 6.64. The Bertz CT molecular complexity index is 870. The highest BCUT2D eigenvalue weighted by Gasteiger charge is 2.18. The molecular weight excluding hydrogens is 348 g/mol. The maximum absolute atomic E-state index is 12.4. The highest BCUT2D eigenvalue weighted by Crippen LogP contribution is 2.29. The number of aryl methyl sites for hydroxylation is 1. The van der Waals surface area contributed by atoms with Crippen molar-refractivity contribution in [1.82, 2.24) is 5.32 Å². The minimum absolute atomic E-state index is 0.0549. The van der Waals surface area contributed by atoms with Crippen molar-refractivity contribution >= 4 is 23.6 Å². The van der Waals surface area contributed by atoms with Crippen molar-refractivity contribution in [2.24, 2.45) is 0 Å². The van der Waals surface area contributed by atoms with E-state index in [1.54, 1.807) is 6.07 Å². The third kappa shape index (κ3) is 4.36. The molecule has 0 unspecified atom stereocenters. The maximum atomic E-state index is 12.4. The van der Waals surface area contributed by atoms with Crippen molar-refractivity contribution < 1.29 is 9.21 Å². The Labute approximate surface area is 158 Å². The van der Waals surface area contributed by atoms with Crippen LogP contribution in [-0.4, -0.2) is 11.9 Å². The van der Waals surface area contributed by atoms with Crippen LogP contribution in [0.1, 0.15) is 43.4 Å². The van der Waals surface area contributed by atoms with Gasteiger partial charge in [0.25, 0.3) is 5.91 Å². The molecule has 1 aromatic carbocycles. The van der Waals surface area contributed by atoms with E-state index in [1.165, 1.54) is 12.5 Å². The van der Waals surface area contributed by atoms with Gasteiger partial charge >= 0.3 is 0 Å². The van der Waals surface area contributed by atoms with Crippen LogP contribution in [0.4, 0.5) is 0 Å². The molecule has 1 aromatic heterocycles. The molecule has 1 aliphatic carbocycles. The summed E-state index contributed by atoms with van der Waals surface area (Å²) in [4.78, 5) is 12.4. The van der Waals surface area contributed by atoms with Gasteiger partial charge in [-0.3, -0.25) is 4.79 Å². The molecule has 5 heteroatoms. The molecular formula is C21H21ClN2O2. The van der Waals surface area contributed by atoms with Crippen molar-refractivity contribution in [2.45, 2.75) is 45.1 Å². The summed E-state index contributed by atoms with van der Waals surface area (Å²) >= 11 is 6.06. The Morgan fingerprint density at radius 2 is 2.04 bits per heavy atom. The van der Waals surface area contributed by atoms with E-state index in [1.807, 2.05) is 37.3 Å². The van der Waals surface area contributed by atoms with E-state index in [-0.39, 0.29) is 17.5 Å². The fourth-order valence-electron chi connectivity index (χ4n) is 3.24. The van der Waals surface area contributed by atoms with Gasteiger partial charge in [0.15, 0.2) is 0 Å². The molecule has 0 saturated heterocycles. The van der Waals surface area contributed by atoms with Crippen LogP contribution in [0, 0.1) is 18.3 Å². The topological polar surface area (TPSA) is 66.0 Å². The van der Waals surface area contributed by atoms with Gasteiger partial charge in [-0.25, -0.2) is 0 Å². The van der Waals surface area contributed by atoms with E-state index in [4.69, 9.17) is 16.0 Å². The second kappa shape index (κ2) is 8.25. The van der Waals surface area contributed by atoms with Gasteiger partial charge in [0.05, 0.1) is 0 Å². The Morgan fingerprint density at radius 1 is 1.27 bits per heavy atom. The zero-order valence-electron chi connectivity index (χ0n) is 14.7. The van der Waals surface area contributed by atoms with Crippen LogP contribution in [0.3, 0.4) is 0 Å². The number of nitriles is 1. The molecule has 1 heterocycles. The molecule has 0 atom stereocenters. The Hall–Kier alpha value is -2.51. The number of hydrogen-bond acceptors (Lipinski definition) is 3. The van der Waals surface area contributed by atoms with Crippen LogP contribution in [0.15, 0.2) is 40.3 Å². The normalized spacial score (nSPS) is 15.5. The summed E-state index contributed by atoms with van der Waals surface area (Å²) in [5.41, 5.74) is 1.98. The number of nitrogens with zero attached hydrogens (tertiary/aromatic N) is 1. The number of halogens is 1. The van der Waals surface area contributed by atoms with E-state index in [0.717, 1.165) is 36.8 Å². The van der Waals surface area contributed by atoms with Crippen molar-refractivity contribution in [3.63, 3.8) is 0 Å². The molecule has 134 valence electrons. The number of rotatable bonds is 4. The zero-order chi connectivity index (χ0) is 18.5. The summed E-state index contributed by atoms with van der Waals surface area (Å²) in [7, 11) is 0. The SMILES string of the molecule is Cc1ccc(Cl)cc1-c1ccc(/C=C(\C#N)C(=O)NC2CCCCC2)o1. The highest BCUT2D eigenvalue weighted by molar-refractivity contribution is 6.30. The first kappa shape index (κ1) is 18.3. The van der Waals surface area contributed by atoms with Gasteiger partial charge in [0.1, 0.15) is 23.2 Å². The van der Waals surface area contributed by atoms with Gasteiger partial charge in [-0.05, 0) is 49.6 Å². The molecule has 2 aromatic rings. The summed E-state index contributed by atoms with van der Waals surface area (Å²) in [6.45, 7) is 1.97. The quantitative estimate of drug-likeness (QED) is 0.591. The minimum atomic E-state index is -0.337. The standard InChI is InChI=1S/C21H21ClN2O2/c1-14-7-8-16(22)12-19(14)20-10-9-18(26-20)11-15(13-23)21(25)24-17-5-3-2-4-6-17/h7-12,17H,2-6H2,1H3,(H,24,25)/b15-11+. The number of nitrogens with one attached hydrogen (secondary N) is 1. The van der Waals surface area contributed by atoms with Crippen molar-refractivity contribution in [3.8, 4) is 17.4 Å². The molecule has 26 heavy (non-hydrogen) atoms. The van der Waals surface area contributed by atoms with E-state index in [0.29, 0.717) is 16.5 Å². The molecule has 1 saturated carbocycles. The fraction of sp³-hybridized carbons (Fsp3) is 0.333. The van der Waals surface area contributed by atoms with Gasteiger partial charge in [-0.1, -0.05) is 36.9 Å². The molecule has 0 spiro atoms. The third-order valence-corrected chi connectivity index (χ3v) is 4.92. The van der Waals surface area contributed by atoms with Crippen molar-refractivity contribution in [2.75, 3.05) is 0 Å². The number of amides is 1. The first-order chi connectivity index (χ1) is 12.6. The molecule has 0 bridgehead atoms. The number of carbonyl (C=O) groups excluding carboxylic acids is 1. The van der Waals surface area contributed by atoms with Gasteiger partial charge in [-0.2, -0.15) is 5.26 Å². The molecule has 1 amide bonds. The van der Waals surface area contributed by atoms with Crippen molar-refractivity contribution in [1.29, 1.82) is 5.26 Å². The fourth-order valence-corrected chi connectivity index (χ4v) is 3.41. The lowest BCUT2D eigenvalue weighted by molar-refractivity contribution is -0.117. The summed E-state index contributed by atoms with van der Waals surface area (Å²) in [6.07, 6.45) is 6.90. The number of benzene rings is 1. The van der Waals surface area contributed by atoms with Crippen LogP contribution in [0.5, 0.6) is 0 Å². The summed E-state index contributed by atoms with van der Waals surface area (Å²) in [5, 5.41) is 12.9. The van der Waals surface area contributed by atoms with Crippen LogP contribution in [0.2, 0.25) is 5.02 Å². The molecule has 1 fully saturated rings. The Kier molecular flexibility index (Phi) is 5.80. The van der Waals surface area contributed by atoms with Crippen molar-refractivity contribution in [3.05, 3.63) is 52.3 Å². The van der Waals surface area contributed by atoms with Crippen LogP contribution in [-0.2, 0) is 4.79 Å². The van der Waals surface area contributed by atoms with E-state index in [2.05, 4.69) is 5.32 Å². The molecule has 1 N–H and O–H groups in total. The van der Waals surface area contributed by atoms with Gasteiger partial charge in [-0.15, -0.1) is 0 Å². The lowest BCUT2D eigenvalue weighted by Gasteiger charge is -2.22. The Balaban J connectivity index is 1.77. The Morgan fingerprint density at radius 3 is 2.77 bits per heavy atom. The van der Waals surface area contributed by atoms with E-state index >= 15 is 0 Å². The molecule has 0 radical (unpaired) electrons. The van der Waals surface area contributed by atoms with E-state index < -0.39 is 0 Å². The molecule has 3 rings (SSSR count). The largest absolute Gasteiger partial charge is 0.457 e. The smallest absolute Gasteiger partial charge is 0.262 e. The number of carbonyl (C=O) groups is 1. The van der Waals surface area contributed by atoms with Crippen LogP contribution in [0.25, 0.3) is 17.4 Å². The summed E-state index contributed by atoms with van der Waals surface area (Å²) in [6, 6.07) is 11.3. The minimum Gasteiger partial charge on any atom is -0.457 e. The summed E-state index contributed by atoms with van der Waals surface area (Å²) < 4.78 is 5.81. The van der Waals surface area contributed by atoms with Crippen LogP contribution >= 0.6 is 11.6 Å². The van der Waals surface area contributed by atoms with Crippen LogP contribution < -0.4 is 5.32 Å². The predicted molar refractivity (Wildman–Crippen MR) is 102 cm³/mol. The average molecular weight is 369 g/mol. The third-order valence-electron chi connectivity index (χ3n) is 4.68. The second-order valence-corrected chi connectivity index (χ2v) is 7.08. The highest BCUT2D eigenvalue weighted by atomic mass is 35.5. The van der Waals surface area contributed by atoms with Gasteiger partial charge in [0, 0.05) is 22.7 Å². The van der Waals surface area contributed by atoms with E-state index in [9.17, 15) is 10.1 Å². The maximum Gasteiger partial charge on any atom is 0.262 e. The van der Waals surface area contributed by atoms with Gasteiger partial charge < -0.3 is 9.73 Å². The first-order valence-corrected chi connectivity index (χ1v) is 9.23. The molecule has 1 aliphatic rings. The monoisotopic (exact) mass is 368 g/mol. The number of hydrogen-bond donors (Lipinski definition) is 1. The zero-order valence-corrected chi connectivity index (χ0v) is 15.5. The lowest BCUT2D eigenvalue weighted by Crippen LogP contribution is -2.36. The van der Waals surface area contributed by atoms with Gasteiger partial charge in [0.2, 0.25) is 0 Å². The average Bonchev–Trinajstić information content (AvgIpc) is 3.11. The molecule has 0 aliphatic heterocycles. The summed E-state index contributed by atoms with van der Waals surface area (Å²) in [5.74, 6) is 0.784. The lowest BCUT2D eigenvalue weighted by atomic mass is 9.95. The molecule has 4 nitrogen and oxygen atoms in total. The predicted octanol–water partition coefficient (Wildman–Crippen LogP) is 5.26. The number of furan rings is 1.